The molecule has 2 aromatic rings. The molecule has 4 heteroatoms. The van der Waals surface area contributed by atoms with E-state index in [1.165, 1.54) is 29.3 Å². The number of hydrogen-bond acceptors (Lipinski definition) is 2. The zero-order chi connectivity index (χ0) is 13.9. The number of methoxy groups -OCH3 is 1. The van der Waals surface area contributed by atoms with E-state index in [4.69, 9.17) is 16.3 Å². The molecule has 0 amide bonds. The van der Waals surface area contributed by atoms with Gasteiger partial charge in [0.2, 0.25) is 0 Å². The van der Waals surface area contributed by atoms with Crippen molar-refractivity contribution in [2.75, 3.05) is 13.7 Å². The first-order chi connectivity index (χ1) is 9.79. The van der Waals surface area contributed by atoms with Crippen molar-refractivity contribution in [3.8, 4) is 0 Å². The maximum absolute atomic E-state index is 6.40. The molecule has 0 radical (unpaired) electrons. The van der Waals surface area contributed by atoms with Gasteiger partial charge in [0.1, 0.15) is 0 Å². The molecule has 0 spiro atoms. The predicted molar refractivity (Wildman–Crippen MR) is 83.3 cm³/mol. The molecular weight excluding hydrogens is 272 g/mol. The van der Waals surface area contributed by atoms with Crippen LogP contribution in [0.2, 0.25) is 5.02 Å². The van der Waals surface area contributed by atoms with Gasteiger partial charge in [-0.05, 0) is 37.0 Å². The number of fused-ring (bicyclic) bond motifs is 1. The number of aromatic nitrogens is 1. The van der Waals surface area contributed by atoms with Crippen LogP contribution < -0.4 is 5.32 Å². The summed E-state index contributed by atoms with van der Waals surface area (Å²) in [6.45, 7) is 2.66. The minimum atomic E-state index is 0.712. The van der Waals surface area contributed by atoms with Gasteiger partial charge in [-0.2, -0.15) is 0 Å². The monoisotopic (exact) mass is 292 g/mol. The highest BCUT2D eigenvalue weighted by Crippen LogP contribution is 2.30. The first kappa shape index (κ1) is 13.9. The fourth-order valence-electron chi connectivity index (χ4n) is 2.63. The summed E-state index contributed by atoms with van der Waals surface area (Å²) in [6.07, 6.45) is 5.87. The summed E-state index contributed by atoms with van der Waals surface area (Å²) in [6, 6.07) is 6.86. The van der Waals surface area contributed by atoms with Crippen molar-refractivity contribution in [1.29, 1.82) is 0 Å². The van der Waals surface area contributed by atoms with Crippen molar-refractivity contribution in [2.45, 2.75) is 38.4 Å². The normalized spacial score (nSPS) is 15.1. The van der Waals surface area contributed by atoms with E-state index in [1.54, 1.807) is 7.11 Å². The van der Waals surface area contributed by atoms with Gasteiger partial charge < -0.3 is 14.6 Å². The van der Waals surface area contributed by atoms with Crippen LogP contribution in [-0.4, -0.2) is 24.3 Å². The molecule has 1 fully saturated rings. The third-order valence-electron chi connectivity index (χ3n) is 3.84. The molecule has 1 aromatic carbocycles. The fourth-order valence-corrected chi connectivity index (χ4v) is 2.92. The highest BCUT2D eigenvalue weighted by atomic mass is 35.5. The summed E-state index contributed by atoms with van der Waals surface area (Å²) in [5.74, 6) is 0. The topological polar surface area (TPSA) is 26.2 Å². The van der Waals surface area contributed by atoms with Crippen molar-refractivity contribution in [1.82, 2.24) is 9.88 Å². The van der Waals surface area contributed by atoms with Gasteiger partial charge in [0.05, 0.1) is 5.02 Å². The maximum atomic E-state index is 6.40. The Morgan fingerprint density at radius 1 is 1.40 bits per heavy atom. The number of nitrogens with zero attached hydrogens (tertiary/aromatic N) is 1. The van der Waals surface area contributed by atoms with Crippen LogP contribution in [0.25, 0.3) is 10.9 Å². The second-order valence-corrected chi connectivity index (χ2v) is 5.89. The van der Waals surface area contributed by atoms with Crippen LogP contribution in [-0.2, 0) is 17.8 Å². The molecule has 1 aromatic heterocycles. The first-order valence-electron chi connectivity index (χ1n) is 7.28. The number of nitrogens with one attached hydrogen (secondary N) is 1. The van der Waals surface area contributed by atoms with Crippen molar-refractivity contribution < 1.29 is 4.74 Å². The number of ether oxygens (including phenoxy) is 1. The van der Waals surface area contributed by atoms with Gasteiger partial charge in [0, 0.05) is 49.9 Å². The van der Waals surface area contributed by atoms with E-state index in [2.05, 4.69) is 22.1 Å². The number of benzene rings is 1. The van der Waals surface area contributed by atoms with Crippen LogP contribution >= 0.6 is 11.6 Å². The molecule has 20 heavy (non-hydrogen) atoms. The van der Waals surface area contributed by atoms with Crippen LogP contribution in [0.1, 0.15) is 24.8 Å². The number of rotatable bonds is 7. The summed E-state index contributed by atoms with van der Waals surface area (Å²) >= 11 is 6.40. The largest absolute Gasteiger partial charge is 0.385 e. The minimum absolute atomic E-state index is 0.712. The summed E-state index contributed by atoms with van der Waals surface area (Å²) in [5, 5.41) is 5.62. The van der Waals surface area contributed by atoms with Crippen molar-refractivity contribution >= 4 is 22.5 Å². The Kier molecular flexibility index (Phi) is 4.29. The molecule has 1 aliphatic rings. The SMILES string of the molecule is COCCCn1cc(CNC2CC2)c2c(Cl)cccc21. The summed E-state index contributed by atoms with van der Waals surface area (Å²) < 4.78 is 7.44. The lowest BCUT2D eigenvalue weighted by molar-refractivity contribution is 0.190. The lowest BCUT2D eigenvalue weighted by Crippen LogP contribution is -2.15. The summed E-state index contributed by atoms with van der Waals surface area (Å²) in [5.41, 5.74) is 2.52. The van der Waals surface area contributed by atoms with Gasteiger partial charge in [-0.3, -0.25) is 0 Å². The number of halogens is 1. The molecule has 0 aliphatic heterocycles. The van der Waals surface area contributed by atoms with Gasteiger partial charge in [-0.25, -0.2) is 0 Å². The third-order valence-corrected chi connectivity index (χ3v) is 4.15. The van der Waals surface area contributed by atoms with Crippen LogP contribution in [0.3, 0.4) is 0 Å². The van der Waals surface area contributed by atoms with Crippen LogP contribution in [0.5, 0.6) is 0 Å². The maximum Gasteiger partial charge on any atom is 0.0503 e. The average Bonchev–Trinajstić information content (AvgIpc) is 3.20. The van der Waals surface area contributed by atoms with E-state index in [0.29, 0.717) is 6.04 Å². The lowest BCUT2D eigenvalue weighted by atomic mass is 10.2. The smallest absolute Gasteiger partial charge is 0.0503 e. The molecule has 0 bridgehead atoms. The Bertz CT molecular complexity index is 589. The summed E-state index contributed by atoms with van der Waals surface area (Å²) in [4.78, 5) is 0. The second kappa shape index (κ2) is 6.17. The molecule has 1 aliphatic carbocycles. The predicted octanol–water partition coefficient (Wildman–Crippen LogP) is 3.58. The molecule has 0 saturated heterocycles. The van der Waals surface area contributed by atoms with Crippen LogP contribution in [0.4, 0.5) is 0 Å². The van der Waals surface area contributed by atoms with Crippen molar-refractivity contribution in [3.05, 3.63) is 35.0 Å². The zero-order valence-corrected chi connectivity index (χ0v) is 12.6. The molecule has 1 N–H and O–H groups in total. The quantitative estimate of drug-likeness (QED) is 0.790. The van der Waals surface area contributed by atoms with E-state index in [0.717, 1.165) is 31.1 Å². The molecule has 108 valence electrons. The Morgan fingerprint density at radius 3 is 3.00 bits per heavy atom. The summed E-state index contributed by atoms with van der Waals surface area (Å²) in [7, 11) is 1.75. The van der Waals surface area contributed by atoms with E-state index in [1.807, 2.05) is 12.1 Å². The Balaban J connectivity index is 1.87. The van der Waals surface area contributed by atoms with E-state index < -0.39 is 0 Å². The van der Waals surface area contributed by atoms with Gasteiger partial charge >= 0.3 is 0 Å². The van der Waals surface area contributed by atoms with Gasteiger partial charge in [-0.1, -0.05) is 17.7 Å². The van der Waals surface area contributed by atoms with Crippen LogP contribution in [0, 0.1) is 0 Å². The average molecular weight is 293 g/mol. The van der Waals surface area contributed by atoms with Gasteiger partial charge in [0.15, 0.2) is 0 Å². The van der Waals surface area contributed by atoms with Crippen LogP contribution in [0.15, 0.2) is 24.4 Å². The Hall–Kier alpha value is -1.03. The highest BCUT2D eigenvalue weighted by molar-refractivity contribution is 6.35. The Morgan fingerprint density at radius 2 is 2.25 bits per heavy atom. The van der Waals surface area contributed by atoms with Gasteiger partial charge in [-0.15, -0.1) is 0 Å². The molecule has 3 rings (SSSR count). The minimum Gasteiger partial charge on any atom is -0.385 e. The molecule has 0 atom stereocenters. The number of hydrogen-bond donors (Lipinski definition) is 1. The number of aryl methyl sites for hydroxylation is 1. The highest BCUT2D eigenvalue weighted by Gasteiger charge is 2.21. The first-order valence-corrected chi connectivity index (χ1v) is 7.66. The zero-order valence-electron chi connectivity index (χ0n) is 11.9. The fraction of sp³-hybridized carbons (Fsp3) is 0.500. The molecular formula is C16H21ClN2O. The Labute approximate surface area is 124 Å². The molecule has 1 saturated carbocycles. The van der Waals surface area contributed by atoms with Gasteiger partial charge in [0.25, 0.3) is 0 Å². The van der Waals surface area contributed by atoms with Crippen molar-refractivity contribution in [2.24, 2.45) is 0 Å². The standard InChI is InChI=1S/C16H21ClN2O/c1-20-9-3-8-19-11-12(10-18-13-6-7-13)16-14(17)4-2-5-15(16)19/h2,4-5,11,13,18H,3,6-10H2,1H3. The van der Waals surface area contributed by atoms with E-state index in [-0.39, 0.29) is 0 Å². The lowest BCUT2D eigenvalue weighted by Gasteiger charge is -2.04. The molecule has 3 nitrogen and oxygen atoms in total. The van der Waals surface area contributed by atoms with E-state index in [9.17, 15) is 0 Å². The van der Waals surface area contributed by atoms with Crippen molar-refractivity contribution in [3.63, 3.8) is 0 Å². The second-order valence-electron chi connectivity index (χ2n) is 5.48. The molecule has 0 unspecified atom stereocenters. The van der Waals surface area contributed by atoms with E-state index >= 15 is 0 Å². The third kappa shape index (κ3) is 3.00. The molecule has 1 heterocycles.